The van der Waals surface area contributed by atoms with Crippen molar-refractivity contribution in [3.63, 3.8) is 0 Å². The molecule has 0 unspecified atom stereocenters. The third kappa shape index (κ3) is 6.55. The standard InChI is InChI=1S/C23H28N4O4/c1-3-31-21-10-8-20(9-11-21)25-23(30)18-4-6-19(7-5-18)24-22(29)16-26-12-14-27(15-13-26)17(2)28/h4-11H,3,12-16H2,1-2H3,(H,24,29)(H,25,30)/p+1. The smallest absolute Gasteiger partial charge is 0.279 e. The number of nitrogens with zero attached hydrogens (tertiary/aromatic N) is 1. The van der Waals surface area contributed by atoms with E-state index in [4.69, 9.17) is 4.74 Å². The molecule has 1 aliphatic rings. The maximum atomic E-state index is 12.4. The molecular weight excluding hydrogens is 396 g/mol. The van der Waals surface area contributed by atoms with Gasteiger partial charge in [-0.05, 0) is 55.5 Å². The number of carbonyl (C=O) groups excluding carboxylic acids is 3. The summed E-state index contributed by atoms with van der Waals surface area (Å²) in [6.45, 7) is 7.30. The van der Waals surface area contributed by atoms with Crippen LogP contribution in [0.4, 0.5) is 11.4 Å². The minimum atomic E-state index is -0.227. The number of ether oxygens (including phenoxy) is 1. The molecule has 2 aromatic carbocycles. The highest BCUT2D eigenvalue weighted by Gasteiger charge is 2.23. The second kappa shape index (κ2) is 10.6. The molecule has 0 aromatic heterocycles. The van der Waals surface area contributed by atoms with Gasteiger partial charge in [-0.25, -0.2) is 0 Å². The van der Waals surface area contributed by atoms with Crippen LogP contribution in [0.3, 0.4) is 0 Å². The van der Waals surface area contributed by atoms with E-state index in [0.29, 0.717) is 43.2 Å². The van der Waals surface area contributed by atoms with Crippen molar-refractivity contribution in [2.24, 2.45) is 0 Å². The third-order valence-electron chi connectivity index (χ3n) is 5.18. The van der Waals surface area contributed by atoms with E-state index in [-0.39, 0.29) is 17.7 Å². The fraction of sp³-hybridized carbons (Fsp3) is 0.348. The van der Waals surface area contributed by atoms with E-state index in [0.717, 1.165) is 23.7 Å². The lowest BCUT2D eigenvalue weighted by Crippen LogP contribution is -3.15. The van der Waals surface area contributed by atoms with Gasteiger partial charge in [0.25, 0.3) is 11.8 Å². The van der Waals surface area contributed by atoms with Gasteiger partial charge in [-0.2, -0.15) is 0 Å². The van der Waals surface area contributed by atoms with Crippen molar-refractivity contribution in [1.29, 1.82) is 0 Å². The van der Waals surface area contributed by atoms with Crippen LogP contribution >= 0.6 is 0 Å². The second-order valence-electron chi connectivity index (χ2n) is 7.47. The van der Waals surface area contributed by atoms with Gasteiger partial charge >= 0.3 is 0 Å². The lowest BCUT2D eigenvalue weighted by molar-refractivity contribution is -0.895. The molecule has 2 aromatic rings. The zero-order valence-corrected chi connectivity index (χ0v) is 17.9. The zero-order chi connectivity index (χ0) is 22.2. The molecular formula is C23H29N4O4+. The number of benzene rings is 2. The summed E-state index contributed by atoms with van der Waals surface area (Å²) in [5.74, 6) is 0.519. The van der Waals surface area contributed by atoms with E-state index >= 15 is 0 Å². The van der Waals surface area contributed by atoms with E-state index in [1.54, 1.807) is 60.4 Å². The minimum absolute atomic E-state index is 0.0788. The summed E-state index contributed by atoms with van der Waals surface area (Å²) in [7, 11) is 0. The Hall–Kier alpha value is -3.39. The van der Waals surface area contributed by atoms with Gasteiger partial charge < -0.3 is 25.2 Å². The average molecular weight is 426 g/mol. The van der Waals surface area contributed by atoms with E-state index in [1.165, 1.54) is 0 Å². The fourth-order valence-electron chi connectivity index (χ4n) is 3.46. The summed E-state index contributed by atoms with van der Waals surface area (Å²) in [5, 5.41) is 5.71. The Bertz CT molecular complexity index is 904. The molecule has 1 fully saturated rings. The molecule has 1 saturated heterocycles. The SMILES string of the molecule is CCOc1ccc(NC(=O)c2ccc(NC(=O)C[NH+]3CCN(C(C)=O)CC3)cc2)cc1. The van der Waals surface area contributed by atoms with Gasteiger partial charge in [0.15, 0.2) is 6.54 Å². The molecule has 1 heterocycles. The Kier molecular flexibility index (Phi) is 7.61. The summed E-state index contributed by atoms with van der Waals surface area (Å²) in [6, 6.07) is 14.0. The van der Waals surface area contributed by atoms with Crippen molar-refractivity contribution in [3.05, 3.63) is 54.1 Å². The Morgan fingerprint density at radius 2 is 1.52 bits per heavy atom. The molecule has 3 N–H and O–H groups in total. The number of nitrogens with one attached hydrogen (secondary N) is 3. The summed E-state index contributed by atoms with van der Waals surface area (Å²) in [5.41, 5.74) is 1.82. The maximum Gasteiger partial charge on any atom is 0.279 e. The minimum Gasteiger partial charge on any atom is -0.494 e. The summed E-state index contributed by atoms with van der Waals surface area (Å²) in [6.07, 6.45) is 0. The molecule has 164 valence electrons. The van der Waals surface area contributed by atoms with E-state index in [2.05, 4.69) is 10.6 Å². The lowest BCUT2D eigenvalue weighted by Gasteiger charge is -2.31. The molecule has 8 nitrogen and oxygen atoms in total. The first kappa shape index (κ1) is 22.3. The number of hydrogen-bond donors (Lipinski definition) is 3. The van der Waals surface area contributed by atoms with Crippen LogP contribution in [0.2, 0.25) is 0 Å². The van der Waals surface area contributed by atoms with Crippen molar-refractivity contribution < 1.29 is 24.0 Å². The molecule has 3 rings (SSSR count). The van der Waals surface area contributed by atoms with Crippen LogP contribution in [0.15, 0.2) is 48.5 Å². The fourth-order valence-corrected chi connectivity index (χ4v) is 3.46. The summed E-state index contributed by atoms with van der Waals surface area (Å²) >= 11 is 0. The molecule has 3 amide bonds. The number of rotatable bonds is 7. The molecule has 1 aliphatic heterocycles. The highest BCUT2D eigenvalue weighted by molar-refractivity contribution is 6.04. The Morgan fingerprint density at radius 1 is 0.935 bits per heavy atom. The van der Waals surface area contributed by atoms with Crippen molar-refractivity contribution in [1.82, 2.24) is 4.90 Å². The van der Waals surface area contributed by atoms with E-state index in [1.807, 2.05) is 6.92 Å². The van der Waals surface area contributed by atoms with Gasteiger partial charge in [-0.3, -0.25) is 14.4 Å². The van der Waals surface area contributed by atoms with Crippen molar-refractivity contribution in [2.75, 3.05) is 50.0 Å². The van der Waals surface area contributed by atoms with Crippen molar-refractivity contribution >= 4 is 29.1 Å². The number of hydrogen-bond acceptors (Lipinski definition) is 4. The first-order chi connectivity index (χ1) is 14.9. The van der Waals surface area contributed by atoms with E-state index < -0.39 is 0 Å². The Balaban J connectivity index is 1.47. The predicted octanol–water partition coefficient (Wildman–Crippen LogP) is 1.02. The van der Waals surface area contributed by atoms with Crippen LogP contribution < -0.4 is 20.3 Å². The van der Waals surface area contributed by atoms with E-state index in [9.17, 15) is 14.4 Å². The van der Waals surface area contributed by atoms with Gasteiger partial charge in [0, 0.05) is 23.9 Å². The highest BCUT2D eigenvalue weighted by Crippen LogP contribution is 2.17. The van der Waals surface area contributed by atoms with Gasteiger partial charge in [-0.15, -0.1) is 0 Å². The molecule has 0 saturated carbocycles. The molecule has 0 atom stereocenters. The number of anilines is 2. The average Bonchev–Trinajstić information content (AvgIpc) is 2.76. The van der Waals surface area contributed by atoms with Gasteiger partial charge in [-0.1, -0.05) is 0 Å². The van der Waals surface area contributed by atoms with Crippen molar-refractivity contribution in [3.8, 4) is 5.75 Å². The van der Waals surface area contributed by atoms with Crippen LogP contribution in [0.5, 0.6) is 5.75 Å². The first-order valence-electron chi connectivity index (χ1n) is 10.5. The van der Waals surface area contributed by atoms with Crippen LogP contribution in [-0.4, -0.2) is 62.0 Å². The molecule has 0 spiro atoms. The monoisotopic (exact) mass is 425 g/mol. The molecule has 0 radical (unpaired) electrons. The Labute approximate surface area is 182 Å². The zero-order valence-electron chi connectivity index (χ0n) is 17.9. The topological polar surface area (TPSA) is 92.2 Å². The van der Waals surface area contributed by atoms with Gasteiger partial charge in [0.1, 0.15) is 5.75 Å². The Morgan fingerprint density at radius 3 is 2.10 bits per heavy atom. The second-order valence-corrected chi connectivity index (χ2v) is 7.47. The van der Waals surface area contributed by atoms with Gasteiger partial charge in [0.2, 0.25) is 5.91 Å². The quantitative estimate of drug-likeness (QED) is 0.618. The predicted molar refractivity (Wildman–Crippen MR) is 118 cm³/mol. The summed E-state index contributed by atoms with van der Waals surface area (Å²) < 4.78 is 5.39. The third-order valence-corrected chi connectivity index (χ3v) is 5.18. The lowest BCUT2D eigenvalue weighted by atomic mass is 10.2. The highest BCUT2D eigenvalue weighted by atomic mass is 16.5. The van der Waals surface area contributed by atoms with Crippen LogP contribution in [0, 0.1) is 0 Å². The largest absolute Gasteiger partial charge is 0.494 e. The van der Waals surface area contributed by atoms with Crippen LogP contribution in [-0.2, 0) is 9.59 Å². The molecule has 0 aliphatic carbocycles. The summed E-state index contributed by atoms with van der Waals surface area (Å²) in [4.78, 5) is 39.1. The molecule has 31 heavy (non-hydrogen) atoms. The van der Waals surface area contributed by atoms with Crippen LogP contribution in [0.25, 0.3) is 0 Å². The van der Waals surface area contributed by atoms with Gasteiger partial charge in [0.05, 0.1) is 32.8 Å². The first-order valence-corrected chi connectivity index (χ1v) is 10.5. The normalized spacial score (nSPS) is 14.1. The van der Waals surface area contributed by atoms with Crippen LogP contribution in [0.1, 0.15) is 24.2 Å². The number of quaternary nitrogens is 1. The molecule has 8 heteroatoms. The number of piperazine rings is 1. The maximum absolute atomic E-state index is 12.4. The van der Waals surface area contributed by atoms with Crippen molar-refractivity contribution in [2.45, 2.75) is 13.8 Å². The number of amides is 3. The molecule has 0 bridgehead atoms. The number of carbonyl (C=O) groups is 3.